The lowest BCUT2D eigenvalue weighted by Gasteiger charge is -2.35. The van der Waals surface area contributed by atoms with Crippen LogP contribution in [0.25, 0.3) is 0 Å². The predicted octanol–water partition coefficient (Wildman–Crippen LogP) is 3.57. The van der Waals surface area contributed by atoms with Gasteiger partial charge in [-0.25, -0.2) is 0 Å². The molecule has 1 unspecified atom stereocenters. The molecule has 3 rings (SSSR count). The maximum Gasteiger partial charge on any atom is 0.122 e. The van der Waals surface area contributed by atoms with Crippen LogP contribution < -0.4 is 10.1 Å². The number of halogens is 1. The third kappa shape index (κ3) is 5.37. The number of piperidine rings is 2. The summed E-state index contributed by atoms with van der Waals surface area (Å²) in [6.07, 6.45) is 5.45. The van der Waals surface area contributed by atoms with Gasteiger partial charge in [0.05, 0.1) is 0 Å². The normalized spacial score (nSPS) is 23.3. The van der Waals surface area contributed by atoms with Crippen molar-refractivity contribution >= 4 is 12.4 Å². The quantitative estimate of drug-likeness (QED) is 0.908. The minimum absolute atomic E-state index is 0. The van der Waals surface area contributed by atoms with Gasteiger partial charge in [0, 0.05) is 19.6 Å². The topological polar surface area (TPSA) is 24.5 Å². The maximum absolute atomic E-state index is 6.27. The molecule has 23 heavy (non-hydrogen) atoms. The molecule has 0 radical (unpaired) electrons. The van der Waals surface area contributed by atoms with Gasteiger partial charge in [0.15, 0.2) is 0 Å². The standard InChI is InChI=1S/C19H30N2O.ClH/c1-15-5-6-16(2)19(12-15)22-18-7-10-21(11-8-18)14-17-4-3-9-20-13-17;/h5-6,12,17-18,20H,3-4,7-11,13-14H2,1-2H3;1H. The van der Waals surface area contributed by atoms with Crippen molar-refractivity contribution in [3.05, 3.63) is 29.3 Å². The van der Waals surface area contributed by atoms with Crippen LogP contribution in [0, 0.1) is 19.8 Å². The summed E-state index contributed by atoms with van der Waals surface area (Å²) in [4.78, 5) is 2.64. The smallest absolute Gasteiger partial charge is 0.122 e. The molecule has 1 aromatic carbocycles. The highest BCUT2D eigenvalue weighted by atomic mass is 35.5. The van der Waals surface area contributed by atoms with Crippen molar-refractivity contribution in [3.63, 3.8) is 0 Å². The first-order chi connectivity index (χ1) is 10.7. The molecular formula is C19H31ClN2O. The second-order valence-corrected chi connectivity index (χ2v) is 7.10. The van der Waals surface area contributed by atoms with Gasteiger partial charge in [-0.2, -0.15) is 0 Å². The fourth-order valence-corrected chi connectivity index (χ4v) is 3.67. The van der Waals surface area contributed by atoms with Gasteiger partial charge < -0.3 is 15.0 Å². The summed E-state index contributed by atoms with van der Waals surface area (Å²) < 4.78 is 6.27. The van der Waals surface area contributed by atoms with Crippen molar-refractivity contribution in [1.82, 2.24) is 10.2 Å². The Bertz CT molecular complexity index is 480. The molecule has 0 aliphatic carbocycles. The maximum atomic E-state index is 6.27. The highest BCUT2D eigenvalue weighted by molar-refractivity contribution is 5.85. The van der Waals surface area contributed by atoms with Crippen molar-refractivity contribution in [2.75, 3.05) is 32.7 Å². The van der Waals surface area contributed by atoms with Gasteiger partial charge in [-0.1, -0.05) is 12.1 Å². The summed E-state index contributed by atoms with van der Waals surface area (Å²) >= 11 is 0. The Balaban J connectivity index is 0.00000192. The molecule has 0 aromatic heterocycles. The van der Waals surface area contributed by atoms with Crippen molar-refractivity contribution in [2.45, 2.75) is 45.6 Å². The van der Waals surface area contributed by atoms with Gasteiger partial charge in [-0.05, 0) is 75.7 Å². The van der Waals surface area contributed by atoms with Crippen molar-refractivity contribution in [2.24, 2.45) is 5.92 Å². The Morgan fingerprint density at radius 2 is 1.96 bits per heavy atom. The summed E-state index contributed by atoms with van der Waals surface area (Å²) in [5, 5.41) is 3.53. The summed E-state index contributed by atoms with van der Waals surface area (Å²) in [6.45, 7) is 10.3. The molecular weight excluding hydrogens is 308 g/mol. The van der Waals surface area contributed by atoms with Crippen molar-refractivity contribution < 1.29 is 4.74 Å². The lowest BCUT2D eigenvalue weighted by atomic mass is 9.97. The van der Waals surface area contributed by atoms with E-state index in [2.05, 4.69) is 42.3 Å². The highest BCUT2D eigenvalue weighted by Crippen LogP contribution is 2.24. The van der Waals surface area contributed by atoms with Gasteiger partial charge in [-0.15, -0.1) is 12.4 Å². The van der Waals surface area contributed by atoms with Crippen molar-refractivity contribution in [1.29, 1.82) is 0 Å². The minimum atomic E-state index is 0. The average Bonchev–Trinajstić information content (AvgIpc) is 2.54. The molecule has 2 saturated heterocycles. The summed E-state index contributed by atoms with van der Waals surface area (Å²) in [5.41, 5.74) is 2.53. The summed E-state index contributed by atoms with van der Waals surface area (Å²) in [5.74, 6) is 1.93. The molecule has 2 fully saturated rings. The number of aryl methyl sites for hydroxylation is 2. The Labute approximate surface area is 147 Å². The number of nitrogens with one attached hydrogen (secondary N) is 1. The number of hydrogen-bond donors (Lipinski definition) is 1. The van der Waals surface area contributed by atoms with E-state index >= 15 is 0 Å². The lowest BCUT2D eigenvalue weighted by molar-refractivity contribution is 0.0875. The number of benzene rings is 1. The molecule has 0 bridgehead atoms. The molecule has 1 atom stereocenters. The van der Waals surface area contributed by atoms with Crippen LogP contribution in [-0.4, -0.2) is 43.7 Å². The van der Waals surface area contributed by atoms with E-state index in [9.17, 15) is 0 Å². The van der Waals surface area contributed by atoms with Crippen LogP contribution in [0.2, 0.25) is 0 Å². The third-order valence-corrected chi connectivity index (χ3v) is 5.09. The van der Waals surface area contributed by atoms with Gasteiger partial charge in [-0.3, -0.25) is 0 Å². The van der Waals surface area contributed by atoms with E-state index in [-0.39, 0.29) is 12.4 Å². The molecule has 4 heteroatoms. The molecule has 2 heterocycles. The fourth-order valence-electron chi connectivity index (χ4n) is 3.67. The third-order valence-electron chi connectivity index (χ3n) is 5.09. The van der Waals surface area contributed by atoms with Crippen LogP contribution >= 0.6 is 12.4 Å². The SMILES string of the molecule is Cc1ccc(C)c(OC2CCN(CC3CCCNC3)CC2)c1.Cl. The first-order valence-corrected chi connectivity index (χ1v) is 8.87. The number of hydrogen-bond acceptors (Lipinski definition) is 3. The van der Waals surface area contributed by atoms with Gasteiger partial charge in [0.2, 0.25) is 0 Å². The molecule has 0 amide bonds. The van der Waals surface area contributed by atoms with Gasteiger partial charge >= 0.3 is 0 Å². The first-order valence-electron chi connectivity index (χ1n) is 8.87. The monoisotopic (exact) mass is 338 g/mol. The van der Waals surface area contributed by atoms with E-state index in [0.29, 0.717) is 6.10 Å². The number of nitrogens with zero attached hydrogens (tertiary/aromatic N) is 1. The van der Waals surface area contributed by atoms with E-state index in [1.165, 1.54) is 56.7 Å². The highest BCUT2D eigenvalue weighted by Gasteiger charge is 2.23. The molecule has 3 nitrogen and oxygen atoms in total. The zero-order chi connectivity index (χ0) is 15.4. The first kappa shape index (κ1) is 18.6. The molecule has 2 aliphatic heterocycles. The average molecular weight is 339 g/mol. The second kappa shape index (κ2) is 8.91. The zero-order valence-electron chi connectivity index (χ0n) is 14.5. The Morgan fingerprint density at radius 3 is 2.65 bits per heavy atom. The summed E-state index contributed by atoms with van der Waals surface area (Å²) in [7, 11) is 0. The van der Waals surface area contributed by atoms with Crippen molar-refractivity contribution in [3.8, 4) is 5.75 Å². The Hall–Kier alpha value is -0.770. The lowest BCUT2D eigenvalue weighted by Crippen LogP contribution is -2.43. The molecule has 0 saturated carbocycles. The largest absolute Gasteiger partial charge is 0.490 e. The molecule has 0 spiro atoms. The Kier molecular flexibility index (Phi) is 7.19. The number of ether oxygens (including phenoxy) is 1. The van der Waals surface area contributed by atoms with Crippen LogP contribution in [0.3, 0.4) is 0 Å². The van der Waals surface area contributed by atoms with Crippen LogP contribution in [0.1, 0.15) is 36.8 Å². The van der Waals surface area contributed by atoms with Crippen LogP contribution in [0.5, 0.6) is 5.75 Å². The van der Waals surface area contributed by atoms with E-state index in [1.807, 2.05) is 0 Å². The van der Waals surface area contributed by atoms with E-state index in [1.54, 1.807) is 0 Å². The fraction of sp³-hybridized carbons (Fsp3) is 0.684. The Morgan fingerprint density at radius 1 is 1.17 bits per heavy atom. The predicted molar refractivity (Wildman–Crippen MR) is 98.8 cm³/mol. The van der Waals surface area contributed by atoms with E-state index < -0.39 is 0 Å². The van der Waals surface area contributed by atoms with Gasteiger partial charge in [0.25, 0.3) is 0 Å². The molecule has 2 aliphatic rings. The van der Waals surface area contributed by atoms with Gasteiger partial charge in [0.1, 0.15) is 11.9 Å². The molecule has 130 valence electrons. The van der Waals surface area contributed by atoms with E-state index in [0.717, 1.165) is 24.5 Å². The molecule has 1 aromatic rings. The molecule has 1 N–H and O–H groups in total. The minimum Gasteiger partial charge on any atom is -0.490 e. The van der Waals surface area contributed by atoms with Crippen LogP contribution in [-0.2, 0) is 0 Å². The zero-order valence-corrected chi connectivity index (χ0v) is 15.3. The van der Waals surface area contributed by atoms with Crippen LogP contribution in [0.15, 0.2) is 18.2 Å². The van der Waals surface area contributed by atoms with E-state index in [4.69, 9.17) is 4.74 Å². The second-order valence-electron chi connectivity index (χ2n) is 7.10. The summed E-state index contributed by atoms with van der Waals surface area (Å²) in [6, 6.07) is 6.49. The number of rotatable bonds is 4. The van der Waals surface area contributed by atoms with Crippen LogP contribution in [0.4, 0.5) is 0 Å². The number of likely N-dealkylation sites (tertiary alicyclic amines) is 1.